The van der Waals surface area contributed by atoms with Gasteiger partial charge in [-0.3, -0.25) is 0 Å². The maximum atomic E-state index is 10.5. The zero-order valence-corrected chi connectivity index (χ0v) is 6.03. The number of carbonyl (C=O) groups is 1. The van der Waals surface area contributed by atoms with Crippen LogP contribution in [0.1, 0.15) is 15.9 Å². The molecular weight excluding hydrogens is 144 g/mol. The smallest absolute Gasteiger partial charge is 0.336 e. The van der Waals surface area contributed by atoms with Gasteiger partial charge in [0, 0.05) is 11.8 Å². The van der Waals surface area contributed by atoms with E-state index >= 15 is 0 Å². The number of anilines is 1. The minimum Gasteiger partial charge on any atom is -0.478 e. The van der Waals surface area contributed by atoms with E-state index < -0.39 is 5.97 Å². The minimum absolute atomic E-state index is 0.206. The fourth-order valence-electron chi connectivity index (χ4n) is 0.784. The van der Waals surface area contributed by atoms with E-state index in [9.17, 15) is 4.79 Å². The zero-order chi connectivity index (χ0) is 8.43. The average Bonchev–Trinajstić information content (AvgIpc) is 1.94. The predicted octanol–water partition coefficient (Wildman–Crippen LogP) is 0.670. The fraction of sp³-hybridized carbons (Fsp3) is 0.143. The van der Waals surface area contributed by atoms with Crippen LogP contribution < -0.4 is 5.73 Å². The van der Waals surface area contributed by atoms with Gasteiger partial charge in [-0.25, -0.2) is 9.78 Å². The Balaban J connectivity index is 3.27. The highest BCUT2D eigenvalue weighted by molar-refractivity contribution is 5.90. The first-order valence-corrected chi connectivity index (χ1v) is 3.07. The van der Waals surface area contributed by atoms with E-state index in [1.165, 1.54) is 12.3 Å². The summed E-state index contributed by atoms with van der Waals surface area (Å²) in [5, 5.41) is 8.61. The summed E-state index contributed by atoms with van der Waals surface area (Å²) in [7, 11) is 0. The Kier molecular flexibility index (Phi) is 1.76. The van der Waals surface area contributed by atoms with Crippen LogP contribution in [0.4, 0.5) is 5.82 Å². The van der Waals surface area contributed by atoms with Crippen molar-refractivity contribution in [3.05, 3.63) is 23.4 Å². The molecule has 0 atom stereocenters. The Morgan fingerprint density at radius 1 is 1.73 bits per heavy atom. The molecule has 1 aromatic rings. The van der Waals surface area contributed by atoms with Crippen LogP contribution in [0, 0.1) is 6.92 Å². The molecule has 0 radical (unpaired) electrons. The first-order chi connectivity index (χ1) is 5.13. The van der Waals surface area contributed by atoms with Gasteiger partial charge in [-0.15, -0.1) is 0 Å². The first-order valence-electron chi connectivity index (χ1n) is 3.07. The van der Waals surface area contributed by atoms with Gasteiger partial charge in [0.2, 0.25) is 0 Å². The maximum Gasteiger partial charge on any atom is 0.336 e. The van der Waals surface area contributed by atoms with Crippen molar-refractivity contribution in [3.8, 4) is 0 Å². The van der Waals surface area contributed by atoms with Gasteiger partial charge in [0.1, 0.15) is 5.82 Å². The quantitative estimate of drug-likeness (QED) is 0.620. The molecule has 11 heavy (non-hydrogen) atoms. The van der Waals surface area contributed by atoms with Crippen molar-refractivity contribution in [3.63, 3.8) is 0 Å². The van der Waals surface area contributed by atoms with Crippen molar-refractivity contribution in [2.24, 2.45) is 0 Å². The summed E-state index contributed by atoms with van der Waals surface area (Å²) in [5.41, 5.74) is 6.10. The van der Waals surface area contributed by atoms with Gasteiger partial charge in [-0.2, -0.15) is 0 Å². The van der Waals surface area contributed by atoms with Crippen LogP contribution in [0.25, 0.3) is 0 Å². The standard InChI is InChI=1S/C7H8N2O2/c1-4-5(7(10)11)2-3-9-6(4)8/h2-3H,1H3,(H2,8,9)(H,10,11). The number of aromatic nitrogens is 1. The molecule has 0 aliphatic rings. The van der Waals surface area contributed by atoms with E-state index in [0.717, 1.165) is 0 Å². The predicted molar refractivity (Wildman–Crippen MR) is 40.3 cm³/mol. The average molecular weight is 152 g/mol. The largest absolute Gasteiger partial charge is 0.478 e. The minimum atomic E-state index is -0.975. The summed E-state index contributed by atoms with van der Waals surface area (Å²) >= 11 is 0. The number of aromatic carboxylic acids is 1. The van der Waals surface area contributed by atoms with Gasteiger partial charge in [-0.05, 0) is 13.0 Å². The van der Waals surface area contributed by atoms with Crippen molar-refractivity contribution in [2.45, 2.75) is 6.92 Å². The first kappa shape index (κ1) is 7.53. The van der Waals surface area contributed by atoms with Crippen molar-refractivity contribution in [1.82, 2.24) is 4.98 Å². The third-order valence-electron chi connectivity index (χ3n) is 1.47. The van der Waals surface area contributed by atoms with E-state index in [4.69, 9.17) is 10.8 Å². The summed E-state index contributed by atoms with van der Waals surface area (Å²) in [6, 6.07) is 1.42. The highest BCUT2D eigenvalue weighted by Gasteiger charge is 2.07. The molecule has 0 saturated carbocycles. The lowest BCUT2D eigenvalue weighted by Crippen LogP contribution is -2.03. The topological polar surface area (TPSA) is 76.2 Å². The summed E-state index contributed by atoms with van der Waals surface area (Å²) in [5.74, 6) is -0.707. The van der Waals surface area contributed by atoms with Crippen LogP contribution in [-0.4, -0.2) is 16.1 Å². The van der Waals surface area contributed by atoms with E-state index in [1.54, 1.807) is 6.92 Å². The van der Waals surface area contributed by atoms with E-state index in [2.05, 4.69) is 4.98 Å². The molecule has 3 N–H and O–H groups in total. The number of nitrogen functional groups attached to an aromatic ring is 1. The Morgan fingerprint density at radius 3 is 2.82 bits per heavy atom. The molecule has 1 aromatic heterocycles. The second kappa shape index (κ2) is 2.57. The van der Waals surface area contributed by atoms with Gasteiger partial charge in [0.05, 0.1) is 5.56 Å². The third kappa shape index (κ3) is 1.29. The Labute approximate surface area is 63.7 Å². The van der Waals surface area contributed by atoms with Gasteiger partial charge in [-0.1, -0.05) is 0 Å². The molecule has 0 amide bonds. The molecule has 0 aromatic carbocycles. The van der Waals surface area contributed by atoms with E-state index in [-0.39, 0.29) is 11.4 Å². The van der Waals surface area contributed by atoms with E-state index in [0.29, 0.717) is 5.56 Å². The third-order valence-corrected chi connectivity index (χ3v) is 1.47. The number of nitrogens with zero attached hydrogens (tertiary/aromatic N) is 1. The number of hydrogen-bond acceptors (Lipinski definition) is 3. The second-order valence-corrected chi connectivity index (χ2v) is 2.17. The lowest BCUT2D eigenvalue weighted by Gasteiger charge is -2.00. The normalized spacial score (nSPS) is 9.55. The van der Waals surface area contributed by atoms with Crippen molar-refractivity contribution in [2.75, 3.05) is 5.73 Å². The van der Waals surface area contributed by atoms with Gasteiger partial charge < -0.3 is 10.8 Å². The molecular formula is C7H8N2O2. The Hall–Kier alpha value is -1.58. The number of carboxylic acids is 1. The summed E-state index contributed by atoms with van der Waals surface area (Å²) in [4.78, 5) is 14.2. The van der Waals surface area contributed by atoms with Crippen LogP contribution in [0.15, 0.2) is 12.3 Å². The van der Waals surface area contributed by atoms with Crippen LogP contribution in [0.5, 0.6) is 0 Å². The van der Waals surface area contributed by atoms with Crippen molar-refractivity contribution >= 4 is 11.8 Å². The molecule has 1 rings (SSSR count). The molecule has 4 nitrogen and oxygen atoms in total. The highest BCUT2D eigenvalue weighted by atomic mass is 16.4. The number of carboxylic acid groups (broad SMARTS) is 1. The van der Waals surface area contributed by atoms with Crippen LogP contribution in [0.3, 0.4) is 0 Å². The molecule has 0 fully saturated rings. The van der Waals surface area contributed by atoms with E-state index in [1.807, 2.05) is 0 Å². The highest BCUT2D eigenvalue weighted by Crippen LogP contribution is 2.11. The molecule has 0 bridgehead atoms. The number of pyridine rings is 1. The fourth-order valence-corrected chi connectivity index (χ4v) is 0.784. The molecule has 0 unspecified atom stereocenters. The second-order valence-electron chi connectivity index (χ2n) is 2.17. The SMILES string of the molecule is Cc1c(C(=O)O)ccnc1N. The molecule has 58 valence electrons. The van der Waals surface area contributed by atoms with Crippen molar-refractivity contribution in [1.29, 1.82) is 0 Å². The van der Waals surface area contributed by atoms with Gasteiger partial charge >= 0.3 is 5.97 Å². The number of hydrogen-bond donors (Lipinski definition) is 2. The Morgan fingerprint density at radius 2 is 2.36 bits per heavy atom. The Bertz CT molecular complexity index is 296. The van der Waals surface area contributed by atoms with Crippen LogP contribution >= 0.6 is 0 Å². The lowest BCUT2D eigenvalue weighted by atomic mass is 10.1. The van der Waals surface area contributed by atoms with Gasteiger partial charge in [0.25, 0.3) is 0 Å². The lowest BCUT2D eigenvalue weighted by molar-refractivity contribution is 0.0696. The number of rotatable bonds is 1. The molecule has 0 spiro atoms. The molecule has 1 heterocycles. The summed E-state index contributed by atoms with van der Waals surface area (Å²) < 4.78 is 0. The molecule has 0 aliphatic heterocycles. The maximum absolute atomic E-state index is 10.5. The van der Waals surface area contributed by atoms with Crippen molar-refractivity contribution < 1.29 is 9.90 Å². The summed E-state index contributed by atoms with van der Waals surface area (Å²) in [6.45, 7) is 1.63. The molecule has 4 heteroatoms. The molecule has 0 aliphatic carbocycles. The monoisotopic (exact) mass is 152 g/mol. The van der Waals surface area contributed by atoms with Crippen LogP contribution in [0.2, 0.25) is 0 Å². The summed E-state index contributed by atoms with van der Waals surface area (Å²) in [6.07, 6.45) is 1.38. The zero-order valence-electron chi connectivity index (χ0n) is 6.03. The van der Waals surface area contributed by atoms with Gasteiger partial charge in [0.15, 0.2) is 0 Å². The van der Waals surface area contributed by atoms with Crippen LogP contribution in [-0.2, 0) is 0 Å². The number of nitrogens with two attached hydrogens (primary N) is 1. The molecule has 0 saturated heterocycles.